The molecule has 1 saturated heterocycles. The zero-order valence-electron chi connectivity index (χ0n) is 8.35. The first-order chi connectivity index (χ1) is 7.27. The summed E-state index contributed by atoms with van der Waals surface area (Å²) >= 11 is 0. The first-order valence-corrected chi connectivity index (χ1v) is 4.86. The van der Waals surface area contributed by atoms with Crippen molar-refractivity contribution in [2.45, 2.75) is 0 Å². The van der Waals surface area contributed by atoms with Gasteiger partial charge in [-0.2, -0.15) is 0 Å². The van der Waals surface area contributed by atoms with E-state index in [9.17, 15) is 4.79 Å². The first kappa shape index (κ1) is 9.92. The summed E-state index contributed by atoms with van der Waals surface area (Å²) in [4.78, 5) is 17.0. The van der Waals surface area contributed by atoms with Crippen LogP contribution in [0.25, 0.3) is 0 Å². The second kappa shape index (κ2) is 4.27. The summed E-state index contributed by atoms with van der Waals surface area (Å²) in [5, 5.41) is 0. The largest absolute Gasteiger partial charge is 0.378 e. The molecule has 2 heterocycles. The van der Waals surface area contributed by atoms with Crippen LogP contribution in [0.1, 0.15) is 10.5 Å². The van der Waals surface area contributed by atoms with Crippen LogP contribution in [0.5, 0.6) is 0 Å². The van der Waals surface area contributed by atoms with Gasteiger partial charge in [-0.1, -0.05) is 0 Å². The summed E-state index contributed by atoms with van der Waals surface area (Å²) in [6.07, 6.45) is 1.60. The molecule has 1 fully saturated rings. The molecule has 0 unspecified atom stereocenters. The Bertz CT molecular complexity index is 361. The maximum absolute atomic E-state index is 11.0. The van der Waals surface area contributed by atoms with Gasteiger partial charge in [-0.3, -0.25) is 9.78 Å². The molecule has 1 aromatic heterocycles. The van der Waals surface area contributed by atoms with E-state index in [-0.39, 0.29) is 0 Å². The van der Waals surface area contributed by atoms with E-state index in [4.69, 9.17) is 10.5 Å². The predicted octanol–water partition coefficient (Wildman–Crippen LogP) is 0.0171. The lowest BCUT2D eigenvalue weighted by Crippen LogP contribution is -2.36. The summed E-state index contributed by atoms with van der Waals surface area (Å²) in [5.41, 5.74) is 6.45. The molecule has 0 aliphatic carbocycles. The predicted molar refractivity (Wildman–Crippen MR) is 55.8 cm³/mol. The van der Waals surface area contributed by atoms with Crippen molar-refractivity contribution >= 4 is 11.6 Å². The highest BCUT2D eigenvalue weighted by Gasteiger charge is 2.12. The summed E-state index contributed by atoms with van der Waals surface area (Å²) in [6, 6.07) is 3.59. The molecule has 80 valence electrons. The monoisotopic (exact) mass is 207 g/mol. The Morgan fingerprint density at radius 2 is 2.20 bits per heavy atom. The Morgan fingerprint density at radius 1 is 1.47 bits per heavy atom. The van der Waals surface area contributed by atoms with Crippen LogP contribution >= 0.6 is 0 Å². The van der Waals surface area contributed by atoms with Crippen molar-refractivity contribution in [3.05, 3.63) is 24.0 Å². The molecule has 5 nitrogen and oxygen atoms in total. The van der Waals surface area contributed by atoms with E-state index < -0.39 is 5.91 Å². The molecule has 2 N–H and O–H groups in total. The average molecular weight is 207 g/mol. The third-order valence-electron chi connectivity index (χ3n) is 2.37. The average Bonchev–Trinajstić information content (AvgIpc) is 2.30. The number of amides is 1. The van der Waals surface area contributed by atoms with Gasteiger partial charge in [-0.25, -0.2) is 0 Å². The molecular formula is C10H13N3O2. The zero-order valence-corrected chi connectivity index (χ0v) is 8.35. The molecule has 0 bridgehead atoms. The number of hydrogen-bond acceptors (Lipinski definition) is 4. The number of nitrogens with zero attached hydrogens (tertiary/aromatic N) is 2. The zero-order chi connectivity index (χ0) is 10.7. The minimum absolute atomic E-state index is 0.305. The normalized spacial score (nSPS) is 16.4. The van der Waals surface area contributed by atoms with E-state index in [1.165, 1.54) is 0 Å². The molecule has 0 saturated carbocycles. The van der Waals surface area contributed by atoms with Crippen LogP contribution in [0.2, 0.25) is 0 Å². The van der Waals surface area contributed by atoms with E-state index in [1.54, 1.807) is 12.3 Å². The Labute approximate surface area is 87.8 Å². The van der Waals surface area contributed by atoms with Crippen molar-refractivity contribution in [2.75, 3.05) is 31.2 Å². The van der Waals surface area contributed by atoms with E-state index in [1.807, 2.05) is 6.07 Å². The van der Waals surface area contributed by atoms with Gasteiger partial charge in [0, 0.05) is 25.0 Å². The molecule has 0 spiro atoms. The number of hydrogen-bond donors (Lipinski definition) is 1. The minimum Gasteiger partial charge on any atom is -0.378 e. The van der Waals surface area contributed by atoms with Crippen molar-refractivity contribution in [1.82, 2.24) is 4.98 Å². The molecule has 2 rings (SSSR count). The Morgan fingerprint density at radius 3 is 2.87 bits per heavy atom. The van der Waals surface area contributed by atoms with Crippen molar-refractivity contribution < 1.29 is 9.53 Å². The number of anilines is 1. The number of carbonyl (C=O) groups excluding carboxylic acids is 1. The summed E-state index contributed by atoms with van der Waals surface area (Å²) in [7, 11) is 0. The number of nitrogens with two attached hydrogens (primary N) is 1. The number of aromatic nitrogens is 1. The smallest absolute Gasteiger partial charge is 0.267 e. The molecule has 15 heavy (non-hydrogen) atoms. The molecule has 1 amide bonds. The van der Waals surface area contributed by atoms with Crippen LogP contribution in [-0.4, -0.2) is 37.2 Å². The molecule has 0 atom stereocenters. The van der Waals surface area contributed by atoms with Gasteiger partial charge in [0.1, 0.15) is 5.69 Å². The lowest BCUT2D eigenvalue weighted by Gasteiger charge is -2.28. The molecule has 1 aliphatic heterocycles. The lowest BCUT2D eigenvalue weighted by molar-refractivity contribution is 0.0995. The van der Waals surface area contributed by atoms with Gasteiger partial charge in [-0.05, 0) is 12.1 Å². The highest BCUT2D eigenvalue weighted by molar-refractivity contribution is 5.91. The van der Waals surface area contributed by atoms with Gasteiger partial charge in [-0.15, -0.1) is 0 Å². The van der Waals surface area contributed by atoms with Crippen LogP contribution in [0, 0.1) is 0 Å². The molecular weight excluding hydrogens is 194 g/mol. The third-order valence-corrected chi connectivity index (χ3v) is 2.37. The van der Waals surface area contributed by atoms with E-state index in [0.717, 1.165) is 18.8 Å². The van der Waals surface area contributed by atoms with Gasteiger partial charge >= 0.3 is 0 Å². The number of ether oxygens (including phenoxy) is 1. The standard InChI is InChI=1S/C10H13N3O2/c11-10(14)9-7-8(1-2-12-9)13-3-5-15-6-4-13/h1-2,7H,3-6H2,(H2,11,14). The molecule has 1 aliphatic rings. The van der Waals surface area contributed by atoms with Gasteiger partial charge in [0.2, 0.25) is 0 Å². The molecule has 0 radical (unpaired) electrons. The van der Waals surface area contributed by atoms with Crippen molar-refractivity contribution in [3.63, 3.8) is 0 Å². The highest BCUT2D eigenvalue weighted by Crippen LogP contribution is 2.15. The maximum atomic E-state index is 11.0. The van der Waals surface area contributed by atoms with E-state index >= 15 is 0 Å². The van der Waals surface area contributed by atoms with Crippen LogP contribution in [0.15, 0.2) is 18.3 Å². The SMILES string of the molecule is NC(=O)c1cc(N2CCOCC2)ccn1. The Balaban J connectivity index is 2.19. The van der Waals surface area contributed by atoms with Gasteiger partial charge in [0.05, 0.1) is 13.2 Å². The van der Waals surface area contributed by atoms with Gasteiger partial charge < -0.3 is 15.4 Å². The molecule has 0 aromatic carbocycles. The summed E-state index contributed by atoms with van der Waals surface area (Å²) in [5.74, 6) is -0.495. The minimum atomic E-state index is -0.495. The second-order valence-corrected chi connectivity index (χ2v) is 3.36. The number of primary amides is 1. The fourth-order valence-corrected chi connectivity index (χ4v) is 1.57. The molecule has 5 heteroatoms. The second-order valence-electron chi connectivity index (χ2n) is 3.36. The third kappa shape index (κ3) is 2.24. The Hall–Kier alpha value is -1.62. The Kier molecular flexibility index (Phi) is 2.82. The first-order valence-electron chi connectivity index (χ1n) is 4.86. The van der Waals surface area contributed by atoms with Gasteiger partial charge in [0.25, 0.3) is 5.91 Å². The number of carbonyl (C=O) groups is 1. The molecule has 1 aromatic rings. The topological polar surface area (TPSA) is 68.5 Å². The lowest BCUT2D eigenvalue weighted by atomic mass is 10.2. The van der Waals surface area contributed by atoms with Crippen LogP contribution < -0.4 is 10.6 Å². The van der Waals surface area contributed by atoms with Gasteiger partial charge in [0.15, 0.2) is 0 Å². The van der Waals surface area contributed by atoms with Crippen molar-refractivity contribution in [1.29, 1.82) is 0 Å². The van der Waals surface area contributed by atoms with Crippen LogP contribution in [0.4, 0.5) is 5.69 Å². The fourth-order valence-electron chi connectivity index (χ4n) is 1.57. The van der Waals surface area contributed by atoms with E-state index in [0.29, 0.717) is 18.9 Å². The van der Waals surface area contributed by atoms with Crippen LogP contribution in [-0.2, 0) is 4.74 Å². The number of pyridine rings is 1. The fraction of sp³-hybridized carbons (Fsp3) is 0.400. The van der Waals surface area contributed by atoms with E-state index in [2.05, 4.69) is 9.88 Å². The summed E-state index contributed by atoms with van der Waals surface area (Å²) < 4.78 is 5.25. The maximum Gasteiger partial charge on any atom is 0.267 e. The van der Waals surface area contributed by atoms with Crippen molar-refractivity contribution in [3.8, 4) is 0 Å². The van der Waals surface area contributed by atoms with Crippen LogP contribution in [0.3, 0.4) is 0 Å². The number of morpholine rings is 1. The van der Waals surface area contributed by atoms with Crippen molar-refractivity contribution in [2.24, 2.45) is 5.73 Å². The quantitative estimate of drug-likeness (QED) is 0.742. The summed E-state index contributed by atoms with van der Waals surface area (Å²) in [6.45, 7) is 3.10. The highest BCUT2D eigenvalue weighted by atomic mass is 16.5. The number of rotatable bonds is 2.